The largest absolute Gasteiger partial charge is 0.481 e. The second kappa shape index (κ2) is 6.76. The van der Waals surface area contributed by atoms with Gasteiger partial charge >= 0.3 is 17.9 Å². The molecular formula is C12H12ClNO6. The number of hydrogen-bond donors (Lipinski definition) is 3. The lowest BCUT2D eigenvalue weighted by molar-refractivity contribution is -0.138. The SMILES string of the molecule is O=C(O)CCN(CC(=O)O)c1ccc(Cl)c(C(=O)O)c1. The number of carboxylic acids is 3. The molecule has 0 aliphatic rings. The molecule has 3 N–H and O–H groups in total. The van der Waals surface area contributed by atoms with Crippen molar-refractivity contribution in [3.05, 3.63) is 28.8 Å². The van der Waals surface area contributed by atoms with Crippen molar-refractivity contribution >= 4 is 35.2 Å². The van der Waals surface area contributed by atoms with Gasteiger partial charge in [-0.1, -0.05) is 11.6 Å². The first-order valence-electron chi connectivity index (χ1n) is 5.52. The van der Waals surface area contributed by atoms with Gasteiger partial charge in [-0.2, -0.15) is 0 Å². The van der Waals surface area contributed by atoms with Gasteiger partial charge in [0.15, 0.2) is 0 Å². The minimum atomic E-state index is -1.25. The van der Waals surface area contributed by atoms with Crippen molar-refractivity contribution in [1.29, 1.82) is 0 Å². The van der Waals surface area contributed by atoms with E-state index in [0.29, 0.717) is 0 Å². The van der Waals surface area contributed by atoms with Crippen molar-refractivity contribution < 1.29 is 29.7 Å². The molecule has 7 nitrogen and oxygen atoms in total. The molecule has 1 rings (SSSR count). The normalized spacial score (nSPS) is 10.1. The minimum absolute atomic E-state index is 0.0229. The zero-order valence-corrected chi connectivity index (χ0v) is 11.0. The van der Waals surface area contributed by atoms with Gasteiger partial charge in [0.1, 0.15) is 6.54 Å². The molecule has 0 bridgehead atoms. The molecule has 0 heterocycles. The van der Waals surface area contributed by atoms with Gasteiger partial charge < -0.3 is 20.2 Å². The van der Waals surface area contributed by atoms with E-state index in [9.17, 15) is 14.4 Å². The lowest BCUT2D eigenvalue weighted by atomic mass is 10.1. The van der Waals surface area contributed by atoms with Crippen LogP contribution in [0, 0.1) is 0 Å². The summed E-state index contributed by atoms with van der Waals surface area (Å²) in [6.07, 6.45) is -0.266. The lowest BCUT2D eigenvalue weighted by Crippen LogP contribution is -2.31. The molecule has 0 amide bonds. The molecule has 0 unspecified atom stereocenters. The average molecular weight is 302 g/mol. The van der Waals surface area contributed by atoms with Crippen molar-refractivity contribution in [2.75, 3.05) is 18.0 Å². The Morgan fingerprint density at radius 1 is 1.10 bits per heavy atom. The zero-order valence-electron chi connectivity index (χ0n) is 10.2. The summed E-state index contributed by atoms with van der Waals surface area (Å²) in [5.41, 5.74) is 0.116. The van der Waals surface area contributed by atoms with Crippen LogP contribution in [0.3, 0.4) is 0 Å². The lowest BCUT2D eigenvalue weighted by Gasteiger charge is -2.22. The van der Waals surface area contributed by atoms with Crippen LogP contribution in [-0.2, 0) is 9.59 Å². The van der Waals surface area contributed by atoms with E-state index in [1.807, 2.05) is 0 Å². The number of nitrogens with zero attached hydrogens (tertiary/aromatic N) is 1. The predicted octanol–water partition coefficient (Wildman–Crippen LogP) is 1.40. The van der Waals surface area contributed by atoms with Crippen LogP contribution in [0.15, 0.2) is 18.2 Å². The molecule has 108 valence electrons. The zero-order chi connectivity index (χ0) is 15.3. The quantitative estimate of drug-likeness (QED) is 0.697. The van der Waals surface area contributed by atoms with Crippen LogP contribution < -0.4 is 4.90 Å². The highest BCUT2D eigenvalue weighted by molar-refractivity contribution is 6.33. The molecule has 1 aromatic rings. The standard InChI is InChI=1S/C12H12ClNO6/c13-9-2-1-7(5-8(9)12(19)20)14(6-11(17)18)4-3-10(15)16/h1-2,5H,3-4,6H2,(H,15,16)(H,17,18)(H,19,20). The number of aliphatic carboxylic acids is 2. The number of hydrogen-bond acceptors (Lipinski definition) is 4. The van der Waals surface area contributed by atoms with E-state index in [4.69, 9.17) is 26.9 Å². The van der Waals surface area contributed by atoms with Crippen LogP contribution in [0.2, 0.25) is 5.02 Å². The fourth-order valence-electron chi connectivity index (χ4n) is 1.57. The molecule has 0 radical (unpaired) electrons. The minimum Gasteiger partial charge on any atom is -0.481 e. The third kappa shape index (κ3) is 4.43. The molecular weight excluding hydrogens is 290 g/mol. The first-order valence-corrected chi connectivity index (χ1v) is 5.90. The highest BCUT2D eigenvalue weighted by atomic mass is 35.5. The van der Waals surface area contributed by atoms with E-state index < -0.39 is 24.5 Å². The fraction of sp³-hybridized carbons (Fsp3) is 0.250. The Bertz CT molecular complexity index is 545. The second-order valence-corrected chi connectivity index (χ2v) is 4.34. The van der Waals surface area contributed by atoms with E-state index >= 15 is 0 Å². The van der Waals surface area contributed by atoms with Gasteiger partial charge in [0.05, 0.1) is 17.0 Å². The fourth-order valence-corrected chi connectivity index (χ4v) is 1.77. The number of carboxylic acid groups (broad SMARTS) is 3. The van der Waals surface area contributed by atoms with Crippen LogP contribution in [0.1, 0.15) is 16.8 Å². The molecule has 0 aromatic heterocycles. The summed E-state index contributed by atoms with van der Waals surface area (Å²) in [4.78, 5) is 33.6. The van der Waals surface area contributed by atoms with Crippen molar-refractivity contribution in [3.8, 4) is 0 Å². The Morgan fingerprint density at radius 3 is 2.25 bits per heavy atom. The van der Waals surface area contributed by atoms with E-state index in [-0.39, 0.29) is 29.2 Å². The Balaban J connectivity index is 3.06. The summed E-state index contributed by atoms with van der Waals surface area (Å²) in [6.45, 7) is -0.490. The molecule has 1 aromatic carbocycles. The van der Waals surface area contributed by atoms with E-state index in [2.05, 4.69) is 0 Å². The van der Waals surface area contributed by atoms with Crippen LogP contribution >= 0.6 is 11.6 Å². The number of aromatic carboxylic acids is 1. The molecule has 0 atom stereocenters. The third-order valence-electron chi connectivity index (χ3n) is 2.47. The highest BCUT2D eigenvalue weighted by Crippen LogP contribution is 2.23. The van der Waals surface area contributed by atoms with Gasteiger partial charge in [-0.05, 0) is 18.2 Å². The second-order valence-electron chi connectivity index (χ2n) is 3.93. The number of anilines is 1. The Kier molecular flexibility index (Phi) is 5.33. The van der Waals surface area contributed by atoms with Crippen LogP contribution in [0.4, 0.5) is 5.69 Å². The van der Waals surface area contributed by atoms with E-state index in [0.717, 1.165) is 0 Å². The Morgan fingerprint density at radius 2 is 1.75 bits per heavy atom. The van der Waals surface area contributed by atoms with E-state index in [1.54, 1.807) is 0 Å². The summed E-state index contributed by atoms with van der Waals surface area (Å²) in [7, 11) is 0. The molecule has 20 heavy (non-hydrogen) atoms. The first kappa shape index (κ1) is 15.8. The average Bonchev–Trinajstić information content (AvgIpc) is 2.34. The van der Waals surface area contributed by atoms with Gasteiger partial charge in [0.2, 0.25) is 0 Å². The summed E-state index contributed by atoms with van der Waals surface area (Å²) in [5, 5.41) is 26.4. The number of rotatable bonds is 7. The monoisotopic (exact) mass is 301 g/mol. The van der Waals surface area contributed by atoms with Gasteiger partial charge in [-0.15, -0.1) is 0 Å². The van der Waals surface area contributed by atoms with Gasteiger partial charge in [0, 0.05) is 12.2 Å². The summed E-state index contributed by atoms with van der Waals surface area (Å²) in [5.74, 6) is -3.47. The van der Waals surface area contributed by atoms with Crippen molar-refractivity contribution in [2.45, 2.75) is 6.42 Å². The molecule has 8 heteroatoms. The maximum absolute atomic E-state index is 11.0. The van der Waals surface area contributed by atoms with Gasteiger partial charge in [-0.25, -0.2) is 4.79 Å². The maximum Gasteiger partial charge on any atom is 0.337 e. The molecule has 0 spiro atoms. The third-order valence-corrected chi connectivity index (χ3v) is 2.80. The Hall–Kier alpha value is -2.28. The molecule has 0 fully saturated rings. The molecule has 0 saturated carbocycles. The highest BCUT2D eigenvalue weighted by Gasteiger charge is 2.16. The molecule has 0 saturated heterocycles. The van der Waals surface area contributed by atoms with E-state index in [1.165, 1.54) is 23.1 Å². The molecule has 0 aliphatic carbocycles. The van der Waals surface area contributed by atoms with Crippen molar-refractivity contribution in [1.82, 2.24) is 0 Å². The van der Waals surface area contributed by atoms with Crippen molar-refractivity contribution in [2.24, 2.45) is 0 Å². The number of halogens is 1. The summed E-state index contributed by atoms with van der Waals surface area (Å²) in [6, 6.07) is 3.99. The maximum atomic E-state index is 11.0. The summed E-state index contributed by atoms with van der Waals surface area (Å²) >= 11 is 5.72. The van der Waals surface area contributed by atoms with Crippen LogP contribution in [0.5, 0.6) is 0 Å². The Labute approximate surface area is 119 Å². The number of carbonyl (C=O) groups is 3. The topological polar surface area (TPSA) is 115 Å². The van der Waals surface area contributed by atoms with Crippen LogP contribution in [0.25, 0.3) is 0 Å². The van der Waals surface area contributed by atoms with Crippen molar-refractivity contribution in [3.63, 3.8) is 0 Å². The van der Waals surface area contributed by atoms with Gasteiger partial charge in [0.25, 0.3) is 0 Å². The van der Waals surface area contributed by atoms with Crippen LogP contribution in [-0.4, -0.2) is 46.3 Å². The first-order chi connectivity index (χ1) is 9.31. The number of benzene rings is 1. The predicted molar refractivity (Wildman–Crippen MR) is 70.5 cm³/mol. The van der Waals surface area contributed by atoms with Gasteiger partial charge in [-0.3, -0.25) is 9.59 Å². The summed E-state index contributed by atoms with van der Waals surface area (Å²) < 4.78 is 0. The molecule has 0 aliphatic heterocycles. The smallest absolute Gasteiger partial charge is 0.337 e.